The van der Waals surface area contributed by atoms with Gasteiger partial charge in [0.1, 0.15) is 5.75 Å². The van der Waals surface area contributed by atoms with Crippen molar-refractivity contribution in [1.29, 1.82) is 0 Å². The summed E-state index contributed by atoms with van der Waals surface area (Å²) in [6, 6.07) is 7.87. The van der Waals surface area contributed by atoms with E-state index in [9.17, 15) is 9.59 Å². The van der Waals surface area contributed by atoms with E-state index in [1.165, 1.54) is 0 Å². The summed E-state index contributed by atoms with van der Waals surface area (Å²) in [4.78, 5) is 22.9. The van der Waals surface area contributed by atoms with Crippen molar-refractivity contribution in [1.82, 2.24) is 10.6 Å². The number of benzene rings is 1. The Hall–Kier alpha value is -2.04. The number of nitrogens with one attached hydrogen (secondary N) is 2. The fraction of sp³-hybridized carbons (Fsp3) is 0.529. The molecule has 5 heteroatoms. The van der Waals surface area contributed by atoms with Crippen LogP contribution < -0.4 is 15.4 Å². The number of amides is 2. The maximum atomic E-state index is 11.9. The number of hydrogen-bond acceptors (Lipinski definition) is 3. The molecule has 1 aliphatic rings. The van der Waals surface area contributed by atoms with Crippen molar-refractivity contribution >= 4 is 11.8 Å². The summed E-state index contributed by atoms with van der Waals surface area (Å²) in [5, 5.41) is 5.62. The number of rotatable bonds is 7. The minimum absolute atomic E-state index is 0.00584. The second-order valence-corrected chi connectivity index (χ2v) is 5.74. The summed E-state index contributed by atoms with van der Waals surface area (Å²) >= 11 is 0. The number of carbonyl (C=O) groups is 2. The highest BCUT2D eigenvalue weighted by atomic mass is 16.5. The maximum absolute atomic E-state index is 11.9. The summed E-state index contributed by atoms with van der Waals surface area (Å²) in [7, 11) is 0. The molecule has 2 N–H and O–H groups in total. The number of ether oxygens (including phenoxy) is 1. The van der Waals surface area contributed by atoms with E-state index in [-0.39, 0.29) is 24.5 Å². The van der Waals surface area contributed by atoms with Crippen LogP contribution in [-0.4, -0.2) is 31.0 Å². The molecule has 1 fully saturated rings. The van der Waals surface area contributed by atoms with Crippen molar-refractivity contribution in [2.45, 2.75) is 45.1 Å². The predicted octanol–water partition coefficient (Wildman–Crippen LogP) is 1.97. The smallest absolute Gasteiger partial charge is 0.258 e. The Morgan fingerprint density at radius 2 is 2.23 bits per heavy atom. The van der Waals surface area contributed by atoms with Gasteiger partial charge in [-0.05, 0) is 30.4 Å². The molecule has 2 atom stereocenters. The third kappa shape index (κ3) is 4.48. The fourth-order valence-electron chi connectivity index (χ4n) is 2.50. The van der Waals surface area contributed by atoms with Gasteiger partial charge >= 0.3 is 0 Å². The van der Waals surface area contributed by atoms with Crippen LogP contribution in [0, 0.1) is 0 Å². The van der Waals surface area contributed by atoms with Crippen molar-refractivity contribution < 1.29 is 14.3 Å². The van der Waals surface area contributed by atoms with Crippen LogP contribution in [0.4, 0.5) is 0 Å². The van der Waals surface area contributed by atoms with Crippen molar-refractivity contribution in [3.8, 4) is 5.75 Å². The van der Waals surface area contributed by atoms with Gasteiger partial charge in [0, 0.05) is 19.0 Å². The molecule has 1 saturated heterocycles. The molecule has 0 aliphatic carbocycles. The molecule has 0 saturated carbocycles. The van der Waals surface area contributed by atoms with E-state index < -0.39 is 0 Å². The minimum Gasteiger partial charge on any atom is -0.483 e. The number of carbonyl (C=O) groups excluding carboxylic acids is 2. The Morgan fingerprint density at radius 3 is 2.91 bits per heavy atom. The van der Waals surface area contributed by atoms with E-state index in [2.05, 4.69) is 24.5 Å². The molecule has 1 heterocycles. The van der Waals surface area contributed by atoms with Crippen LogP contribution in [0.15, 0.2) is 24.3 Å². The van der Waals surface area contributed by atoms with E-state index in [0.29, 0.717) is 18.9 Å². The molecule has 2 amide bonds. The Kier molecular flexibility index (Phi) is 5.81. The molecule has 120 valence electrons. The Labute approximate surface area is 131 Å². The molecule has 0 radical (unpaired) electrons. The van der Waals surface area contributed by atoms with Gasteiger partial charge in [0.05, 0.1) is 0 Å². The Bertz CT molecular complexity index is 530. The first-order valence-corrected chi connectivity index (χ1v) is 7.88. The molecule has 1 aliphatic heterocycles. The molecular weight excluding hydrogens is 280 g/mol. The van der Waals surface area contributed by atoms with E-state index in [1.807, 2.05) is 24.3 Å². The first-order valence-electron chi connectivity index (χ1n) is 7.88. The first-order chi connectivity index (χ1) is 10.6. The summed E-state index contributed by atoms with van der Waals surface area (Å²) in [6.45, 7) is 4.73. The average Bonchev–Trinajstić information content (AvgIpc) is 2.96. The van der Waals surface area contributed by atoms with Gasteiger partial charge in [0.25, 0.3) is 5.91 Å². The summed E-state index contributed by atoms with van der Waals surface area (Å²) in [6.07, 6.45) is 2.34. The molecule has 0 aromatic heterocycles. The summed E-state index contributed by atoms with van der Waals surface area (Å²) < 4.78 is 5.66. The zero-order valence-corrected chi connectivity index (χ0v) is 13.2. The first kappa shape index (κ1) is 16.3. The quantitative estimate of drug-likeness (QED) is 0.809. The van der Waals surface area contributed by atoms with E-state index in [4.69, 9.17) is 4.74 Å². The number of hydrogen-bond donors (Lipinski definition) is 2. The molecule has 0 unspecified atom stereocenters. The Balaban J connectivity index is 1.80. The van der Waals surface area contributed by atoms with Crippen LogP contribution in [0.3, 0.4) is 0 Å². The van der Waals surface area contributed by atoms with Gasteiger partial charge in [0.2, 0.25) is 5.91 Å². The lowest BCUT2D eigenvalue weighted by atomic mass is 9.98. The van der Waals surface area contributed by atoms with Crippen molar-refractivity contribution in [2.24, 2.45) is 0 Å². The standard InChI is InChI=1S/C17H24N2O3/c1-3-12(2)14-6-4-5-7-15(14)22-11-17(21)18-10-13-8-9-16(20)19-13/h4-7,12-13H,3,8-11H2,1-2H3,(H,18,21)(H,19,20)/t12-,13-/m1/s1. The summed E-state index contributed by atoms with van der Waals surface area (Å²) in [5.74, 6) is 1.05. The van der Waals surface area contributed by atoms with Crippen LogP contribution in [0.2, 0.25) is 0 Å². The van der Waals surface area contributed by atoms with Gasteiger partial charge in [-0.2, -0.15) is 0 Å². The highest BCUT2D eigenvalue weighted by Gasteiger charge is 2.21. The van der Waals surface area contributed by atoms with Crippen LogP contribution in [0.5, 0.6) is 5.75 Å². The van der Waals surface area contributed by atoms with Gasteiger partial charge in [-0.1, -0.05) is 32.0 Å². The zero-order valence-electron chi connectivity index (χ0n) is 13.2. The topological polar surface area (TPSA) is 67.4 Å². The fourth-order valence-corrected chi connectivity index (χ4v) is 2.50. The van der Waals surface area contributed by atoms with Crippen LogP contribution in [0.25, 0.3) is 0 Å². The van der Waals surface area contributed by atoms with Gasteiger partial charge < -0.3 is 15.4 Å². The van der Waals surface area contributed by atoms with Crippen LogP contribution >= 0.6 is 0 Å². The van der Waals surface area contributed by atoms with E-state index in [0.717, 1.165) is 24.2 Å². The largest absolute Gasteiger partial charge is 0.483 e. The zero-order chi connectivity index (χ0) is 15.9. The lowest BCUT2D eigenvalue weighted by Crippen LogP contribution is -2.40. The van der Waals surface area contributed by atoms with E-state index >= 15 is 0 Å². The highest BCUT2D eigenvalue weighted by molar-refractivity contribution is 5.79. The molecule has 0 spiro atoms. The Morgan fingerprint density at radius 1 is 1.45 bits per heavy atom. The molecular formula is C17H24N2O3. The lowest BCUT2D eigenvalue weighted by Gasteiger charge is -2.16. The maximum Gasteiger partial charge on any atom is 0.258 e. The SMILES string of the molecule is CC[C@@H](C)c1ccccc1OCC(=O)NC[C@H]1CCC(=O)N1. The average molecular weight is 304 g/mol. The second kappa shape index (κ2) is 7.82. The third-order valence-electron chi connectivity index (χ3n) is 4.05. The summed E-state index contributed by atoms with van der Waals surface area (Å²) in [5.41, 5.74) is 1.13. The predicted molar refractivity (Wildman–Crippen MR) is 84.8 cm³/mol. The normalized spacial score (nSPS) is 18.6. The van der Waals surface area contributed by atoms with Crippen molar-refractivity contribution in [2.75, 3.05) is 13.2 Å². The minimum atomic E-state index is -0.167. The molecule has 1 aromatic rings. The number of para-hydroxylation sites is 1. The molecule has 0 bridgehead atoms. The molecule has 22 heavy (non-hydrogen) atoms. The monoisotopic (exact) mass is 304 g/mol. The van der Waals surface area contributed by atoms with Gasteiger partial charge in [-0.25, -0.2) is 0 Å². The second-order valence-electron chi connectivity index (χ2n) is 5.74. The van der Waals surface area contributed by atoms with Gasteiger partial charge in [-0.15, -0.1) is 0 Å². The highest BCUT2D eigenvalue weighted by Crippen LogP contribution is 2.28. The lowest BCUT2D eigenvalue weighted by molar-refractivity contribution is -0.123. The molecule has 1 aromatic carbocycles. The third-order valence-corrected chi connectivity index (χ3v) is 4.05. The van der Waals surface area contributed by atoms with Gasteiger partial charge in [-0.3, -0.25) is 9.59 Å². The van der Waals surface area contributed by atoms with Gasteiger partial charge in [0.15, 0.2) is 6.61 Å². The van der Waals surface area contributed by atoms with E-state index in [1.54, 1.807) is 0 Å². The molecule has 5 nitrogen and oxygen atoms in total. The van der Waals surface area contributed by atoms with Crippen LogP contribution in [-0.2, 0) is 9.59 Å². The van der Waals surface area contributed by atoms with Crippen molar-refractivity contribution in [3.63, 3.8) is 0 Å². The van der Waals surface area contributed by atoms with Crippen molar-refractivity contribution in [3.05, 3.63) is 29.8 Å². The molecule has 2 rings (SSSR count). The van der Waals surface area contributed by atoms with Crippen LogP contribution in [0.1, 0.15) is 44.6 Å².